The highest BCUT2D eigenvalue weighted by Crippen LogP contribution is 2.17. The van der Waals surface area contributed by atoms with Crippen molar-refractivity contribution in [1.29, 1.82) is 0 Å². The minimum atomic E-state index is 0.258. The van der Waals surface area contributed by atoms with Crippen molar-refractivity contribution in [2.45, 2.75) is 25.8 Å². The Morgan fingerprint density at radius 3 is 3.00 bits per heavy atom. The van der Waals surface area contributed by atoms with Crippen molar-refractivity contribution >= 4 is 11.8 Å². The van der Waals surface area contributed by atoms with Gasteiger partial charge in [0.25, 0.3) is 0 Å². The predicted octanol–water partition coefficient (Wildman–Crippen LogP) is 1.51. The SMILES string of the molecule is CCSCCNC1(C)CCOC1. The minimum Gasteiger partial charge on any atom is -0.379 e. The topological polar surface area (TPSA) is 21.3 Å². The molecule has 1 aliphatic rings. The molecular weight excluding hydrogens is 170 g/mol. The first-order chi connectivity index (χ1) is 5.77. The van der Waals surface area contributed by atoms with E-state index < -0.39 is 0 Å². The van der Waals surface area contributed by atoms with Gasteiger partial charge in [0.2, 0.25) is 0 Å². The van der Waals surface area contributed by atoms with Crippen molar-refractivity contribution in [3.8, 4) is 0 Å². The third-order valence-corrected chi connectivity index (χ3v) is 3.12. The Labute approximate surface area is 79.4 Å². The predicted molar refractivity (Wildman–Crippen MR) is 54.8 cm³/mol. The Kier molecular flexibility index (Phi) is 4.40. The average molecular weight is 189 g/mol. The molecule has 0 radical (unpaired) electrons. The van der Waals surface area contributed by atoms with E-state index in [1.165, 1.54) is 11.5 Å². The molecule has 1 aliphatic heterocycles. The van der Waals surface area contributed by atoms with Crippen molar-refractivity contribution in [3.05, 3.63) is 0 Å². The molecule has 1 fully saturated rings. The van der Waals surface area contributed by atoms with Crippen LogP contribution < -0.4 is 5.32 Å². The van der Waals surface area contributed by atoms with Gasteiger partial charge in [-0.15, -0.1) is 0 Å². The number of thioether (sulfide) groups is 1. The molecule has 1 atom stereocenters. The van der Waals surface area contributed by atoms with E-state index in [-0.39, 0.29) is 5.54 Å². The number of hydrogen-bond donors (Lipinski definition) is 1. The van der Waals surface area contributed by atoms with Gasteiger partial charge in [0.05, 0.1) is 6.61 Å². The van der Waals surface area contributed by atoms with Gasteiger partial charge in [0.15, 0.2) is 0 Å². The molecule has 0 saturated carbocycles. The number of hydrogen-bond acceptors (Lipinski definition) is 3. The highest BCUT2D eigenvalue weighted by atomic mass is 32.2. The summed E-state index contributed by atoms with van der Waals surface area (Å²) in [6.07, 6.45) is 1.16. The summed E-state index contributed by atoms with van der Waals surface area (Å²) in [5.41, 5.74) is 0.258. The summed E-state index contributed by atoms with van der Waals surface area (Å²) in [6, 6.07) is 0. The van der Waals surface area contributed by atoms with Crippen molar-refractivity contribution in [2.24, 2.45) is 0 Å². The summed E-state index contributed by atoms with van der Waals surface area (Å²) in [5, 5.41) is 3.55. The quantitative estimate of drug-likeness (QED) is 0.662. The van der Waals surface area contributed by atoms with Gasteiger partial charge >= 0.3 is 0 Å². The van der Waals surface area contributed by atoms with E-state index in [2.05, 4.69) is 19.2 Å². The van der Waals surface area contributed by atoms with Gasteiger partial charge in [0.1, 0.15) is 0 Å². The molecule has 0 aliphatic carbocycles. The molecule has 72 valence electrons. The van der Waals surface area contributed by atoms with Crippen molar-refractivity contribution in [1.82, 2.24) is 5.32 Å². The smallest absolute Gasteiger partial charge is 0.0646 e. The van der Waals surface area contributed by atoms with Crippen molar-refractivity contribution in [3.63, 3.8) is 0 Å². The molecule has 0 aromatic carbocycles. The van der Waals surface area contributed by atoms with Gasteiger partial charge in [-0.25, -0.2) is 0 Å². The van der Waals surface area contributed by atoms with Crippen LogP contribution in [0, 0.1) is 0 Å². The molecule has 1 unspecified atom stereocenters. The number of rotatable bonds is 5. The van der Waals surface area contributed by atoms with Crippen LogP contribution >= 0.6 is 11.8 Å². The normalized spacial score (nSPS) is 29.5. The van der Waals surface area contributed by atoms with E-state index in [4.69, 9.17) is 4.74 Å². The first kappa shape index (κ1) is 10.4. The maximum atomic E-state index is 5.35. The zero-order valence-corrected chi connectivity index (χ0v) is 8.88. The lowest BCUT2D eigenvalue weighted by Crippen LogP contribution is -2.43. The maximum absolute atomic E-state index is 5.35. The average Bonchev–Trinajstić information content (AvgIpc) is 2.47. The second-order valence-electron chi connectivity index (χ2n) is 3.49. The van der Waals surface area contributed by atoms with Crippen LogP contribution in [0.3, 0.4) is 0 Å². The number of nitrogens with one attached hydrogen (secondary N) is 1. The fourth-order valence-corrected chi connectivity index (χ4v) is 1.91. The van der Waals surface area contributed by atoms with E-state index >= 15 is 0 Å². The fourth-order valence-electron chi connectivity index (χ4n) is 1.38. The molecule has 0 spiro atoms. The van der Waals surface area contributed by atoms with Crippen LogP contribution in [0.15, 0.2) is 0 Å². The van der Waals surface area contributed by atoms with Crippen LogP contribution in [0.2, 0.25) is 0 Å². The highest BCUT2D eigenvalue weighted by molar-refractivity contribution is 7.99. The Hall–Kier alpha value is 0.270. The molecule has 12 heavy (non-hydrogen) atoms. The zero-order chi connectivity index (χ0) is 8.86. The van der Waals surface area contributed by atoms with Gasteiger partial charge in [-0.2, -0.15) is 11.8 Å². The van der Waals surface area contributed by atoms with Crippen LogP contribution in [0.25, 0.3) is 0 Å². The second kappa shape index (κ2) is 5.10. The molecule has 1 heterocycles. The molecule has 3 heteroatoms. The van der Waals surface area contributed by atoms with E-state index in [9.17, 15) is 0 Å². The molecule has 0 bridgehead atoms. The first-order valence-corrected chi connectivity index (χ1v) is 5.83. The van der Waals surface area contributed by atoms with E-state index in [1.807, 2.05) is 11.8 Å². The third-order valence-electron chi connectivity index (χ3n) is 2.22. The Balaban J connectivity index is 2.05. The van der Waals surface area contributed by atoms with E-state index in [1.54, 1.807) is 0 Å². The monoisotopic (exact) mass is 189 g/mol. The van der Waals surface area contributed by atoms with Crippen LogP contribution in [0.5, 0.6) is 0 Å². The first-order valence-electron chi connectivity index (χ1n) is 4.67. The molecule has 0 aromatic heterocycles. The summed E-state index contributed by atoms with van der Waals surface area (Å²) in [6.45, 7) is 7.36. The maximum Gasteiger partial charge on any atom is 0.0646 e. The van der Waals surface area contributed by atoms with Crippen LogP contribution in [-0.4, -0.2) is 36.8 Å². The Bertz CT molecular complexity index is 124. The van der Waals surface area contributed by atoms with Gasteiger partial charge in [-0.3, -0.25) is 0 Å². The summed E-state index contributed by atoms with van der Waals surface area (Å²) in [5.74, 6) is 2.43. The summed E-state index contributed by atoms with van der Waals surface area (Å²) in [4.78, 5) is 0. The lowest BCUT2D eigenvalue weighted by atomic mass is 10.0. The van der Waals surface area contributed by atoms with Crippen molar-refractivity contribution < 1.29 is 4.74 Å². The van der Waals surface area contributed by atoms with Gasteiger partial charge in [-0.05, 0) is 19.1 Å². The number of ether oxygens (including phenoxy) is 1. The van der Waals surface area contributed by atoms with Gasteiger partial charge in [-0.1, -0.05) is 6.92 Å². The molecule has 1 saturated heterocycles. The third kappa shape index (κ3) is 3.33. The zero-order valence-electron chi connectivity index (χ0n) is 8.06. The largest absolute Gasteiger partial charge is 0.379 e. The van der Waals surface area contributed by atoms with Gasteiger partial charge < -0.3 is 10.1 Å². The Morgan fingerprint density at radius 1 is 1.58 bits per heavy atom. The van der Waals surface area contributed by atoms with Gasteiger partial charge in [0, 0.05) is 24.4 Å². The summed E-state index contributed by atoms with van der Waals surface area (Å²) >= 11 is 1.99. The van der Waals surface area contributed by atoms with Crippen LogP contribution in [0.1, 0.15) is 20.3 Å². The highest BCUT2D eigenvalue weighted by Gasteiger charge is 2.28. The van der Waals surface area contributed by atoms with Crippen LogP contribution in [-0.2, 0) is 4.74 Å². The Morgan fingerprint density at radius 2 is 2.42 bits per heavy atom. The molecular formula is C9H19NOS. The van der Waals surface area contributed by atoms with E-state index in [0.717, 1.165) is 26.2 Å². The second-order valence-corrected chi connectivity index (χ2v) is 4.88. The lowest BCUT2D eigenvalue weighted by Gasteiger charge is -2.23. The standard InChI is InChI=1S/C9H19NOS/c1-3-12-7-5-10-9(2)4-6-11-8-9/h10H,3-8H2,1-2H3. The molecule has 0 amide bonds. The molecule has 1 rings (SSSR count). The fraction of sp³-hybridized carbons (Fsp3) is 1.00. The molecule has 2 nitrogen and oxygen atoms in total. The lowest BCUT2D eigenvalue weighted by molar-refractivity contribution is 0.172. The van der Waals surface area contributed by atoms with Crippen LogP contribution in [0.4, 0.5) is 0 Å². The summed E-state index contributed by atoms with van der Waals surface area (Å²) in [7, 11) is 0. The minimum absolute atomic E-state index is 0.258. The van der Waals surface area contributed by atoms with E-state index in [0.29, 0.717) is 0 Å². The summed E-state index contributed by atoms with van der Waals surface area (Å²) < 4.78 is 5.35. The molecule has 0 aromatic rings. The molecule has 1 N–H and O–H groups in total. The van der Waals surface area contributed by atoms with Crippen molar-refractivity contribution in [2.75, 3.05) is 31.3 Å².